The van der Waals surface area contributed by atoms with Gasteiger partial charge in [0.05, 0.1) is 5.25 Å². The zero-order valence-corrected chi connectivity index (χ0v) is 16.4. The number of piperidine rings is 1. The first-order valence-corrected chi connectivity index (χ1v) is 11.0. The fourth-order valence-corrected chi connectivity index (χ4v) is 5.41. The van der Waals surface area contributed by atoms with Crippen molar-refractivity contribution in [3.05, 3.63) is 29.8 Å². The highest BCUT2D eigenvalue weighted by Gasteiger charge is 2.29. The Morgan fingerprint density at radius 2 is 1.75 bits per heavy atom. The molecule has 0 saturated carbocycles. The van der Waals surface area contributed by atoms with Crippen molar-refractivity contribution >= 4 is 29.4 Å². The summed E-state index contributed by atoms with van der Waals surface area (Å²) in [4.78, 5) is 18.6. The minimum absolute atomic E-state index is 0.00403. The average Bonchev–Trinajstić information content (AvgIpc) is 2.64. The molecule has 5 heteroatoms. The zero-order chi connectivity index (χ0) is 16.9. The molecule has 1 aromatic rings. The third-order valence-electron chi connectivity index (χ3n) is 5.02. The van der Waals surface area contributed by atoms with Crippen LogP contribution in [-0.2, 0) is 4.79 Å². The van der Waals surface area contributed by atoms with Crippen LogP contribution in [0.5, 0.6) is 0 Å². The van der Waals surface area contributed by atoms with Gasteiger partial charge >= 0.3 is 0 Å². The minimum atomic E-state index is -0.00403. The number of hydrogen-bond acceptors (Lipinski definition) is 4. The van der Waals surface area contributed by atoms with Gasteiger partial charge in [0, 0.05) is 48.6 Å². The van der Waals surface area contributed by atoms with E-state index in [2.05, 4.69) is 52.8 Å². The molecule has 24 heavy (non-hydrogen) atoms. The molecule has 1 atom stereocenters. The van der Waals surface area contributed by atoms with Crippen LogP contribution in [0.25, 0.3) is 0 Å². The van der Waals surface area contributed by atoms with E-state index in [-0.39, 0.29) is 5.25 Å². The average molecular weight is 365 g/mol. The van der Waals surface area contributed by atoms with Gasteiger partial charge in [0.1, 0.15) is 0 Å². The number of carbonyl (C=O) groups is 1. The van der Waals surface area contributed by atoms with Gasteiger partial charge in [0.25, 0.3) is 0 Å². The van der Waals surface area contributed by atoms with Gasteiger partial charge in [-0.05, 0) is 38.8 Å². The third kappa shape index (κ3) is 4.70. The Bertz CT molecular complexity index is 535. The number of thioether (sulfide) groups is 2. The third-order valence-corrected chi connectivity index (χ3v) is 7.06. The molecule has 3 nitrogen and oxygen atoms in total. The lowest BCUT2D eigenvalue weighted by atomic mass is 10.0. The molecule has 1 aromatic carbocycles. The van der Waals surface area contributed by atoms with Crippen molar-refractivity contribution < 1.29 is 4.79 Å². The maximum atomic E-state index is 12.7. The smallest absolute Gasteiger partial charge is 0.235 e. The summed E-state index contributed by atoms with van der Waals surface area (Å²) in [5.74, 6) is 2.83. The number of carbonyl (C=O) groups excluding carboxylic acids is 1. The molecule has 2 heterocycles. The Morgan fingerprint density at radius 1 is 1.12 bits per heavy atom. The highest BCUT2D eigenvalue weighted by Crippen LogP contribution is 2.27. The minimum Gasteiger partial charge on any atom is -0.342 e. The standard InChI is InChI=1S/C19H28N2OS2/c1-15-3-5-18(6-4-15)24-16(2)19(22)21-9-7-17(8-10-21)20-11-13-23-14-12-20/h3-6,16-17H,7-14H2,1-2H3. The Hall–Kier alpha value is -0.650. The van der Waals surface area contributed by atoms with E-state index in [9.17, 15) is 4.79 Å². The van der Waals surface area contributed by atoms with Crippen LogP contribution in [0, 0.1) is 6.92 Å². The SMILES string of the molecule is Cc1ccc(SC(C)C(=O)N2CCC(N3CCSCC3)CC2)cc1. The number of nitrogens with zero attached hydrogens (tertiary/aromatic N) is 2. The van der Waals surface area contributed by atoms with Crippen LogP contribution in [0.2, 0.25) is 0 Å². The fraction of sp³-hybridized carbons (Fsp3) is 0.632. The van der Waals surface area contributed by atoms with Gasteiger partial charge in [-0.25, -0.2) is 0 Å². The van der Waals surface area contributed by atoms with E-state index in [1.165, 1.54) is 35.1 Å². The van der Waals surface area contributed by atoms with E-state index in [0.717, 1.165) is 25.9 Å². The summed E-state index contributed by atoms with van der Waals surface area (Å²) in [6.07, 6.45) is 2.27. The van der Waals surface area contributed by atoms with Gasteiger partial charge in [-0.15, -0.1) is 11.8 Å². The first-order chi connectivity index (χ1) is 11.6. The quantitative estimate of drug-likeness (QED) is 0.763. The largest absolute Gasteiger partial charge is 0.342 e. The number of amides is 1. The van der Waals surface area contributed by atoms with Crippen molar-refractivity contribution in [2.45, 2.75) is 42.9 Å². The summed E-state index contributed by atoms with van der Waals surface area (Å²) >= 11 is 3.74. The number of likely N-dealkylation sites (tertiary alicyclic amines) is 1. The summed E-state index contributed by atoms with van der Waals surface area (Å²) in [6, 6.07) is 9.15. The second kappa shape index (κ2) is 8.63. The molecule has 3 rings (SSSR count). The molecular formula is C19H28N2OS2. The maximum absolute atomic E-state index is 12.7. The van der Waals surface area contributed by atoms with Crippen LogP contribution in [0.15, 0.2) is 29.2 Å². The summed E-state index contributed by atoms with van der Waals surface area (Å²) in [7, 11) is 0. The van der Waals surface area contributed by atoms with E-state index >= 15 is 0 Å². The van der Waals surface area contributed by atoms with Crippen LogP contribution in [-0.4, -0.2) is 64.7 Å². The van der Waals surface area contributed by atoms with Gasteiger partial charge in [0.2, 0.25) is 5.91 Å². The first-order valence-electron chi connectivity index (χ1n) is 8.97. The summed E-state index contributed by atoms with van der Waals surface area (Å²) in [6.45, 7) is 8.43. The molecule has 1 unspecified atom stereocenters. The van der Waals surface area contributed by atoms with Gasteiger partial charge in [-0.3, -0.25) is 9.69 Å². The van der Waals surface area contributed by atoms with E-state index in [1.54, 1.807) is 11.8 Å². The molecule has 2 aliphatic heterocycles. The molecule has 0 aliphatic carbocycles. The Labute approximate surface area is 154 Å². The Kier molecular flexibility index (Phi) is 6.53. The molecular weight excluding hydrogens is 336 g/mol. The molecule has 132 valence electrons. The van der Waals surface area contributed by atoms with Crippen LogP contribution in [0.1, 0.15) is 25.3 Å². The first kappa shape index (κ1) is 18.2. The van der Waals surface area contributed by atoms with E-state index in [4.69, 9.17) is 0 Å². The van der Waals surface area contributed by atoms with Gasteiger partial charge < -0.3 is 4.90 Å². The number of rotatable bonds is 4. The van der Waals surface area contributed by atoms with Gasteiger partial charge in [0.15, 0.2) is 0 Å². The summed E-state index contributed by atoms with van der Waals surface area (Å²) in [5.41, 5.74) is 1.26. The monoisotopic (exact) mass is 364 g/mol. The van der Waals surface area contributed by atoms with Crippen molar-refractivity contribution in [2.75, 3.05) is 37.7 Å². The van der Waals surface area contributed by atoms with Gasteiger partial charge in [-0.1, -0.05) is 17.7 Å². The van der Waals surface area contributed by atoms with Crippen molar-refractivity contribution in [3.8, 4) is 0 Å². The lowest BCUT2D eigenvalue weighted by Gasteiger charge is -2.40. The Balaban J connectivity index is 1.48. The highest BCUT2D eigenvalue weighted by molar-refractivity contribution is 8.00. The second-order valence-corrected chi connectivity index (χ2v) is 9.42. The lowest BCUT2D eigenvalue weighted by Crippen LogP contribution is -2.50. The molecule has 2 saturated heterocycles. The molecule has 2 fully saturated rings. The summed E-state index contributed by atoms with van der Waals surface area (Å²) < 4.78 is 0. The lowest BCUT2D eigenvalue weighted by molar-refractivity contribution is -0.131. The zero-order valence-electron chi connectivity index (χ0n) is 14.7. The number of hydrogen-bond donors (Lipinski definition) is 0. The maximum Gasteiger partial charge on any atom is 0.235 e. The Morgan fingerprint density at radius 3 is 2.38 bits per heavy atom. The van der Waals surface area contributed by atoms with Crippen LogP contribution in [0.3, 0.4) is 0 Å². The van der Waals surface area contributed by atoms with Crippen molar-refractivity contribution in [2.24, 2.45) is 0 Å². The van der Waals surface area contributed by atoms with E-state index < -0.39 is 0 Å². The molecule has 0 N–H and O–H groups in total. The normalized spacial score (nSPS) is 21.7. The van der Waals surface area contributed by atoms with Crippen molar-refractivity contribution in [1.82, 2.24) is 9.80 Å². The molecule has 2 aliphatic rings. The molecule has 0 radical (unpaired) electrons. The highest BCUT2D eigenvalue weighted by atomic mass is 32.2. The molecule has 0 bridgehead atoms. The molecule has 0 spiro atoms. The number of aryl methyl sites for hydroxylation is 1. The summed E-state index contributed by atoms with van der Waals surface area (Å²) in [5, 5.41) is -0.00403. The number of benzene rings is 1. The van der Waals surface area contributed by atoms with Crippen molar-refractivity contribution in [3.63, 3.8) is 0 Å². The van der Waals surface area contributed by atoms with Crippen LogP contribution < -0.4 is 0 Å². The van der Waals surface area contributed by atoms with E-state index in [0.29, 0.717) is 11.9 Å². The van der Waals surface area contributed by atoms with Gasteiger partial charge in [-0.2, -0.15) is 11.8 Å². The van der Waals surface area contributed by atoms with Crippen LogP contribution >= 0.6 is 23.5 Å². The fourth-order valence-electron chi connectivity index (χ4n) is 3.52. The molecule has 0 aromatic heterocycles. The topological polar surface area (TPSA) is 23.6 Å². The predicted octanol–water partition coefficient (Wildman–Crippen LogP) is 3.52. The van der Waals surface area contributed by atoms with Crippen LogP contribution in [0.4, 0.5) is 0 Å². The van der Waals surface area contributed by atoms with Crippen molar-refractivity contribution in [1.29, 1.82) is 0 Å². The second-order valence-electron chi connectivity index (χ2n) is 6.78. The predicted molar refractivity (Wildman–Crippen MR) is 105 cm³/mol. The molecule has 1 amide bonds. The van der Waals surface area contributed by atoms with E-state index in [1.807, 2.05) is 6.92 Å².